The van der Waals surface area contributed by atoms with E-state index in [1.54, 1.807) is 12.1 Å². The fraction of sp³-hybridized carbons (Fsp3) is 0. The molecule has 3 aromatic rings. The number of anilines is 1. The van der Waals surface area contributed by atoms with Gasteiger partial charge in [-0.2, -0.15) is 5.10 Å². The molecule has 0 aliphatic carbocycles. The maximum absolute atomic E-state index is 13.1. The van der Waals surface area contributed by atoms with Crippen LogP contribution in [0.15, 0.2) is 70.6 Å². The van der Waals surface area contributed by atoms with Crippen LogP contribution in [0.2, 0.25) is 0 Å². The number of H-pyrrole nitrogens is 1. The number of aromatic nitrogens is 2. The third kappa shape index (κ3) is 3.88. The van der Waals surface area contributed by atoms with Gasteiger partial charge in [0.05, 0.1) is 11.9 Å². The second-order valence-corrected chi connectivity index (χ2v) is 4.77. The lowest BCUT2D eigenvalue weighted by Gasteiger charge is -2.03. The van der Waals surface area contributed by atoms with Gasteiger partial charge in [0.25, 0.3) is 5.56 Å². The predicted molar refractivity (Wildman–Crippen MR) is 87.9 cm³/mol. The van der Waals surface area contributed by atoms with E-state index in [1.807, 2.05) is 30.3 Å². The summed E-state index contributed by atoms with van der Waals surface area (Å²) in [6, 6.07) is 16.8. The van der Waals surface area contributed by atoms with Crippen LogP contribution in [0.1, 0.15) is 5.56 Å². The van der Waals surface area contributed by atoms with Gasteiger partial charge in [-0.1, -0.05) is 42.5 Å². The van der Waals surface area contributed by atoms with Crippen LogP contribution in [0.5, 0.6) is 0 Å². The molecule has 5 nitrogen and oxygen atoms in total. The van der Waals surface area contributed by atoms with Gasteiger partial charge >= 0.3 is 0 Å². The first-order chi connectivity index (χ1) is 11.2. The number of rotatable bonds is 4. The van der Waals surface area contributed by atoms with E-state index in [4.69, 9.17) is 0 Å². The summed E-state index contributed by atoms with van der Waals surface area (Å²) in [7, 11) is 0. The molecule has 0 aliphatic heterocycles. The van der Waals surface area contributed by atoms with Crippen molar-refractivity contribution in [2.75, 3.05) is 5.43 Å². The summed E-state index contributed by atoms with van der Waals surface area (Å²) in [5.74, 6) is -0.129. The summed E-state index contributed by atoms with van der Waals surface area (Å²) < 4.78 is 13.1. The molecule has 1 aromatic heterocycles. The van der Waals surface area contributed by atoms with Gasteiger partial charge in [-0.3, -0.25) is 9.78 Å². The van der Waals surface area contributed by atoms with Crippen LogP contribution in [0.25, 0.3) is 11.3 Å². The summed E-state index contributed by atoms with van der Waals surface area (Å²) in [5.41, 5.74) is 4.32. The standard InChI is InChI=1S/C17H13FN4O/c18-14-8-4-5-12(9-14)11-19-22-17-20-15(10-16(23)21-17)13-6-2-1-3-7-13/h1-11H,(H2,20,21,22,23)/b19-11+. The number of hydrogen-bond donors (Lipinski definition) is 2. The van der Waals surface area contributed by atoms with Crippen LogP contribution < -0.4 is 11.0 Å². The minimum Gasteiger partial charge on any atom is -0.291 e. The van der Waals surface area contributed by atoms with Crippen molar-refractivity contribution in [1.29, 1.82) is 0 Å². The van der Waals surface area contributed by atoms with Crippen molar-refractivity contribution < 1.29 is 4.39 Å². The van der Waals surface area contributed by atoms with Crippen LogP contribution in [0.3, 0.4) is 0 Å². The van der Waals surface area contributed by atoms with Crippen LogP contribution in [-0.2, 0) is 0 Å². The highest BCUT2D eigenvalue weighted by molar-refractivity contribution is 5.79. The maximum atomic E-state index is 13.1. The molecule has 0 saturated heterocycles. The zero-order valence-corrected chi connectivity index (χ0v) is 12.0. The molecule has 0 aliphatic rings. The molecule has 6 heteroatoms. The quantitative estimate of drug-likeness (QED) is 0.575. The molecular weight excluding hydrogens is 295 g/mol. The Morgan fingerprint density at radius 3 is 2.70 bits per heavy atom. The zero-order valence-electron chi connectivity index (χ0n) is 12.0. The van der Waals surface area contributed by atoms with Crippen LogP contribution in [0.4, 0.5) is 10.3 Å². The molecule has 0 fully saturated rings. The van der Waals surface area contributed by atoms with E-state index in [-0.39, 0.29) is 17.3 Å². The first kappa shape index (κ1) is 14.6. The summed E-state index contributed by atoms with van der Waals surface area (Å²) >= 11 is 0. The van der Waals surface area contributed by atoms with Crippen molar-refractivity contribution in [2.45, 2.75) is 0 Å². The molecular formula is C17H13FN4O. The van der Waals surface area contributed by atoms with Crippen molar-refractivity contribution in [1.82, 2.24) is 9.97 Å². The number of nitrogens with one attached hydrogen (secondary N) is 2. The first-order valence-electron chi connectivity index (χ1n) is 6.92. The third-order valence-electron chi connectivity index (χ3n) is 3.04. The van der Waals surface area contributed by atoms with Crippen molar-refractivity contribution >= 4 is 12.2 Å². The van der Waals surface area contributed by atoms with Gasteiger partial charge < -0.3 is 0 Å². The second-order valence-electron chi connectivity index (χ2n) is 4.77. The molecule has 0 unspecified atom stereocenters. The molecule has 0 saturated carbocycles. The van der Waals surface area contributed by atoms with Crippen molar-refractivity contribution in [2.24, 2.45) is 5.10 Å². The zero-order chi connectivity index (χ0) is 16.1. The fourth-order valence-corrected chi connectivity index (χ4v) is 2.02. The lowest BCUT2D eigenvalue weighted by atomic mass is 10.1. The smallest absolute Gasteiger partial charge is 0.252 e. The number of nitrogens with zero attached hydrogens (tertiary/aromatic N) is 2. The van der Waals surface area contributed by atoms with Gasteiger partial charge in [-0.15, -0.1) is 0 Å². The van der Waals surface area contributed by atoms with Gasteiger partial charge in [0.2, 0.25) is 5.95 Å². The molecule has 0 bridgehead atoms. The van der Waals surface area contributed by atoms with Crippen LogP contribution in [0, 0.1) is 5.82 Å². The van der Waals surface area contributed by atoms with E-state index in [2.05, 4.69) is 20.5 Å². The van der Waals surface area contributed by atoms with Gasteiger partial charge in [-0.05, 0) is 17.7 Å². The Morgan fingerprint density at radius 2 is 1.91 bits per heavy atom. The molecule has 3 rings (SSSR count). The number of aromatic amines is 1. The SMILES string of the molecule is O=c1cc(-c2ccccc2)nc(N/N=C/c2cccc(F)c2)[nH]1. The van der Waals surface area contributed by atoms with Crippen molar-refractivity contribution in [3.8, 4) is 11.3 Å². The molecule has 114 valence electrons. The highest BCUT2D eigenvalue weighted by Crippen LogP contribution is 2.15. The summed E-state index contributed by atoms with van der Waals surface area (Å²) in [4.78, 5) is 18.6. The molecule has 0 spiro atoms. The molecule has 1 heterocycles. The number of benzene rings is 2. The monoisotopic (exact) mass is 308 g/mol. The highest BCUT2D eigenvalue weighted by Gasteiger charge is 2.02. The Kier molecular flexibility index (Phi) is 4.24. The molecule has 23 heavy (non-hydrogen) atoms. The van der Waals surface area contributed by atoms with E-state index >= 15 is 0 Å². The van der Waals surface area contributed by atoms with E-state index in [0.29, 0.717) is 11.3 Å². The second kappa shape index (κ2) is 6.65. The lowest BCUT2D eigenvalue weighted by molar-refractivity contribution is 0.627. The van der Waals surface area contributed by atoms with Gasteiger partial charge in [-0.25, -0.2) is 14.8 Å². The van der Waals surface area contributed by atoms with Gasteiger partial charge in [0.1, 0.15) is 5.82 Å². The highest BCUT2D eigenvalue weighted by atomic mass is 19.1. The van der Waals surface area contributed by atoms with Gasteiger partial charge in [0.15, 0.2) is 0 Å². The lowest BCUT2D eigenvalue weighted by Crippen LogP contribution is -2.10. The predicted octanol–water partition coefficient (Wildman–Crippen LogP) is 3.02. The average Bonchev–Trinajstić information content (AvgIpc) is 2.55. The Hall–Kier alpha value is -3.28. The summed E-state index contributed by atoms with van der Waals surface area (Å²) in [6.07, 6.45) is 1.44. The molecule has 0 atom stereocenters. The number of hydrazone groups is 1. The minimum absolute atomic E-state index is 0.212. The first-order valence-corrected chi connectivity index (χ1v) is 6.92. The molecule has 0 amide bonds. The maximum Gasteiger partial charge on any atom is 0.252 e. The van der Waals surface area contributed by atoms with Crippen molar-refractivity contribution in [3.63, 3.8) is 0 Å². The van der Waals surface area contributed by atoms with E-state index < -0.39 is 0 Å². The topological polar surface area (TPSA) is 70.1 Å². The summed E-state index contributed by atoms with van der Waals surface area (Å²) in [6.45, 7) is 0. The normalized spacial score (nSPS) is 10.8. The Morgan fingerprint density at radius 1 is 1.09 bits per heavy atom. The van der Waals surface area contributed by atoms with Gasteiger partial charge in [0, 0.05) is 11.6 Å². The van der Waals surface area contributed by atoms with Crippen LogP contribution in [-0.4, -0.2) is 16.2 Å². The largest absolute Gasteiger partial charge is 0.291 e. The minimum atomic E-state index is -0.341. The fourth-order valence-electron chi connectivity index (χ4n) is 2.02. The summed E-state index contributed by atoms with van der Waals surface area (Å²) in [5, 5.41) is 3.95. The Bertz CT molecular complexity index is 890. The van der Waals surface area contributed by atoms with E-state index in [9.17, 15) is 9.18 Å². The molecule has 2 aromatic carbocycles. The molecule has 0 radical (unpaired) electrons. The molecule has 2 N–H and O–H groups in total. The number of hydrogen-bond acceptors (Lipinski definition) is 4. The van der Waals surface area contributed by atoms with E-state index in [0.717, 1.165) is 5.56 Å². The van der Waals surface area contributed by atoms with Crippen molar-refractivity contribution in [3.05, 3.63) is 82.4 Å². The van der Waals surface area contributed by atoms with E-state index in [1.165, 1.54) is 24.4 Å². The average molecular weight is 308 g/mol. The Labute approximate surface area is 131 Å². The Balaban J connectivity index is 1.81. The number of halogens is 1. The van der Waals surface area contributed by atoms with Crippen LogP contribution >= 0.6 is 0 Å². The third-order valence-corrected chi connectivity index (χ3v) is 3.04.